The van der Waals surface area contributed by atoms with Crippen LogP contribution in [0.1, 0.15) is 110 Å². The summed E-state index contributed by atoms with van der Waals surface area (Å²) in [5.41, 5.74) is 6.40. The minimum absolute atomic E-state index is 0.0111. The lowest BCUT2D eigenvalue weighted by Gasteiger charge is -2.36. The van der Waals surface area contributed by atoms with E-state index in [0.717, 1.165) is 75.8 Å². The smallest absolute Gasteiger partial charge is 0.407 e. The predicted octanol–water partition coefficient (Wildman–Crippen LogP) is 8.45. The lowest BCUT2D eigenvalue weighted by molar-refractivity contribution is -0.141. The van der Waals surface area contributed by atoms with E-state index in [9.17, 15) is 14.4 Å². The number of hydrogen-bond donors (Lipinski definition) is 3. The molecule has 2 bridgehead atoms. The lowest BCUT2D eigenvalue weighted by Crippen LogP contribution is -2.51. The second kappa shape index (κ2) is 14.5. The van der Waals surface area contributed by atoms with Crippen LogP contribution in [0.2, 0.25) is 0 Å². The Bertz CT molecular complexity index is 2250. The highest BCUT2D eigenvalue weighted by Gasteiger charge is 2.51. The van der Waals surface area contributed by atoms with Gasteiger partial charge in [-0.1, -0.05) is 72.2 Å². The summed E-state index contributed by atoms with van der Waals surface area (Å²) < 4.78 is 11.4. The second-order valence-electron chi connectivity index (χ2n) is 17.7. The third-order valence-corrected chi connectivity index (χ3v) is 13.0. The molecule has 3 amide bonds. The van der Waals surface area contributed by atoms with Gasteiger partial charge in [0.15, 0.2) is 0 Å². The third kappa shape index (κ3) is 6.70. The van der Waals surface area contributed by atoms with Crippen molar-refractivity contribution in [1.82, 2.24) is 35.1 Å². The Morgan fingerprint density at radius 1 is 0.947 bits per heavy atom. The number of methoxy groups -OCH3 is 1. The summed E-state index contributed by atoms with van der Waals surface area (Å²) in [6.45, 7) is 17.0. The largest absolute Gasteiger partial charge is 0.457 e. The minimum atomic E-state index is -0.737. The van der Waals surface area contributed by atoms with Crippen molar-refractivity contribution in [2.24, 2.45) is 23.7 Å². The molecular weight excluding hydrogens is 719 g/mol. The number of piperidine rings is 1. The Morgan fingerprint density at radius 3 is 2.46 bits per heavy atom. The van der Waals surface area contributed by atoms with Gasteiger partial charge in [-0.15, -0.1) is 0 Å². The maximum atomic E-state index is 13.8. The summed E-state index contributed by atoms with van der Waals surface area (Å²) >= 11 is 0. The first-order chi connectivity index (χ1) is 27.2. The van der Waals surface area contributed by atoms with Crippen LogP contribution in [0.15, 0.2) is 60.4 Å². The molecule has 12 heteroatoms. The number of fused-ring (bicyclic) bond motifs is 4. The summed E-state index contributed by atoms with van der Waals surface area (Å²) in [5, 5.41) is 2.71. The fourth-order valence-corrected chi connectivity index (χ4v) is 9.37. The van der Waals surface area contributed by atoms with Crippen molar-refractivity contribution in [3.63, 3.8) is 0 Å². The molecule has 3 aliphatic heterocycles. The van der Waals surface area contributed by atoms with Crippen molar-refractivity contribution in [2.45, 2.75) is 104 Å². The molecule has 6 atom stereocenters. The van der Waals surface area contributed by atoms with Crippen molar-refractivity contribution in [2.75, 3.05) is 13.7 Å². The molecule has 1 aliphatic carbocycles. The predicted molar refractivity (Wildman–Crippen MR) is 217 cm³/mol. The Kier molecular flexibility index (Phi) is 9.80. The Balaban J connectivity index is 1.02. The monoisotopic (exact) mass is 773 g/mol. The van der Waals surface area contributed by atoms with E-state index in [4.69, 9.17) is 19.4 Å². The van der Waals surface area contributed by atoms with Gasteiger partial charge in [0.2, 0.25) is 11.8 Å². The number of aromatic amines is 2. The molecule has 57 heavy (non-hydrogen) atoms. The number of ether oxygens (including phenoxy) is 2. The number of likely N-dealkylation sites (tertiary alicyclic amines) is 1. The van der Waals surface area contributed by atoms with Crippen LogP contribution in [0.4, 0.5) is 4.79 Å². The van der Waals surface area contributed by atoms with E-state index in [0.29, 0.717) is 24.3 Å². The number of nitrogens with one attached hydrogen (secondary N) is 3. The number of H-pyrrole nitrogens is 2. The molecule has 2 fully saturated rings. The molecule has 5 heterocycles. The van der Waals surface area contributed by atoms with E-state index < -0.39 is 18.2 Å². The molecule has 0 unspecified atom stereocenters. The molecule has 4 aliphatic rings. The van der Waals surface area contributed by atoms with Crippen molar-refractivity contribution in [3.8, 4) is 34.0 Å². The number of aromatic nitrogens is 4. The van der Waals surface area contributed by atoms with Gasteiger partial charge in [0.05, 0.1) is 30.7 Å². The van der Waals surface area contributed by atoms with Crippen LogP contribution in [-0.4, -0.2) is 73.4 Å². The normalized spacial score (nSPS) is 22.9. The van der Waals surface area contributed by atoms with E-state index in [2.05, 4.69) is 79.1 Å². The molecule has 4 aromatic rings. The van der Waals surface area contributed by atoms with Gasteiger partial charge in [-0.25, -0.2) is 14.8 Å². The minimum Gasteiger partial charge on any atom is -0.457 e. The Labute approximate surface area is 334 Å². The molecule has 12 nitrogen and oxygen atoms in total. The average molecular weight is 774 g/mol. The maximum Gasteiger partial charge on any atom is 0.407 e. The van der Waals surface area contributed by atoms with Crippen molar-refractivity contribution in [3.05, 3.63) is 83.2 Å². The number of benzene rings is 2. The molecular formula is C45H55N7O5. The highest BCUT2D eigenvalue weighted by Crippen LogP contribution is 2.52. The van der Waals surface area contributed by atoms with E-state index in [1.54, 1.807) is 4.90 Å². The molecule has 3 N–H and O–H groups in total. The summed E-state index contributed by atoms with van der Waals surface area (Å²) in [4.78, 5) is 60.2. The number of imidazole rings is 2. The first kappa shape index (κ1) is 38.5. The van der Waals surface area contributed by atoms with Crippen LogP contribution < -0.4 is 10.1 Å². The first-order valence-corrected chi connectivity index (χ1v) is 20.4. The van der Waals surface area contributed by atoms with Gasteiger partial charge in [0, 0.05) is 52.4 Å². The summed E-state index contributed by atoms with van der Waals surface area (Å²) in [6.07, 6.45) is 8.42. The Hall–Kier alpha value is -5.39. The SMILES string of the molecule is COC(=O)N[C@H](C(=O)N1CC(C)=C[C@H]1c1nc(-c2ccc3c(c2)Oc2ccc(-c4cnc([C@@H]5[C@@H]6CC[C@@H](C6)N5C(=O)[C@@H](C)C(C)C)[nH]4)cc2C3(C)C)c[nH]1)C(C)C. The molecule has 0 spiro atoms. The summed E-state index contributed by atoms with van der Waals surface area (Å²) in [6, 6.07) is 11.7. The summed E-state index contributed by atoms with van der Waals surface area (Å²) in [7, 11) is 1.29. The van der Waals surface area contributed by atoms with Crippen molar-refractivity contribution < 1.29 is 23.9 Å². The zero-order valence-electron chi connectivity index (χ0n) is 34.5. The van der Waals surface area contributed by atoms with Gasteiger partial charge in [0.25, 0.3) is 0 Å². The molecule has 300 valence electrons. The maximum absolute atomic E-state index is 13.8. The zero-order valence-corrected chi connectivity index (χ0v) is 34.5. The van der Waals surface area contributed by atoms with Gasteiger partial charge in [-0.3, -0.25) is 9.59 Å². The van der Waals surface area contributed by atoms with Crippen LogP contribution in [-0.2, 0) is 19.7 Å². The van der Waals surface area contributed by atoms with Gasteiger partial charge in [-0.05, 0) is 68.2 Å². The lowest BCUT2D eigenvalue weighted by atomic mass is 9.75. The van der Waals surface area contributed by atoms with E-state index in [1.807, 2.05) is 51.4 Å². The van der Waals surface area contributed by atoms with Crippen LogP contribution in [0.5, 0.6) is 11.5 Å². The highest BCUT2D eigenvalue weighted by molar-refractivity contribution is 5.87. The van der Waals surface area contributed by atoms with Crippen LogP contribution in [0.25, 0.3) is 22.5 Å². The van der Waals surface area contributed by atoms with Crippen LogP contribution in [0, 0.1) is 23.7 Å². The zero-order chi connectivity index (χ0) is 40.5. The molecule has 8 rings (SSSR count). The number of carbonyl (C=O) groups is 3. The number of rotatable bonds is 9. The third-order valence-electron chi connectivity index (χ3n) is 13.0. The molecule has 1 saturated carbocycles. The molecule has 2 aromatic heterocycles. The number of carbonyl (C=O) groups excluding carboxylic acids is 3. The highest BCUT2D eigenvalue weighted by atomic mass is 16.5. The molecule has 1 saturated heterocycles. The summed E-state index contributed by atoms with van der Waals surface area (Å²) in [5.74, 6) is 3.69. The average Bonchev–Trinajstić information content (AvgIpc) is 4.04. The molecule has 0 radical (unpaired) electrons. The first-order valence-electron chi connectivity index (χ1n) is 20.4. The number of nitrogens with zero attached hydrogens (tertiary/aromatic N) is 4. The van der Waals surface area contributed by atoms with Crippen LogP contribution >= 0.6 is 0 Å². The van der Waals surface area contributed by atoms with Gasteiger partial charge in [0.1, 0.15) is 35.2 Å². The van der Waals surface area contributed by atoms with E-state index in [-0.39, 0.29) is 41.0 Å². The quantitative estimate of drug-likeness (QED) is 0.145. The van der Waals surface area contributed by atoms with Gasteiger partial charge >= 0.3 is 6.09 Å². The fraction of sp³-hybridized carbons (Fsp3) is 0.489. The molecule has 2 aromatic carbocycles. The van der Waals surface area contributed by atoms with Crippen molar-refractivity contribution >= 4 is 17.9 Å². The number of amides is 3. The van der Waals surface area contributed by atoms with E-state index >= 15 is 0 Å². The van der Waals surface area contributed by atoms with Crippen LogP contribution in [0.3, 0.4) is 0 Å². The van der Waals surface area contributed by atoms with E-state index in [1.165, 1.54) is 7.11 Å². The van der Waals surface area contributed by atoms with Gasteiger partial charge in [-0.2, -0.15) is 0 Å². The van der Waals surface area contributed by atoms with Gasteiger partial charge < -0.3 is 34.6 Å². The fourth-order valence-electron chi connectivity index (χ4n) is 9.37. The topological polar surface area (TPSA) is 146 Å². The standard InChI is InChI=1S/C45H55N7O5/c1-23(2)26(6)42(53)52-30-13-10-29(17-30)39(52)41-47-21-33(49-41)27-12-15-36-32(18-27)45(7,8)31-14-11-28(19-37(31)57-36)34-20-46-40(48-34)35-16-25(5)22-51(35)43(54)38(24(3)4)50-44(55)56-9/h11-12,14-16,18-21,23-24,26,29-30,35,38-39H,10,13,17,22H2,1-9H3,(H,46,48)(H,47,49)(H,50,55)/t26-,29+,30-,35-,38-,39-/m0/s1. The number of alkyl carbamates (subject to hydrolysis) is 1. The second-order valence-corrected chi connectivity index (χ2v) is 17.7. The van der Waals surface area contributed by atoms with Crippen molar-refractivity contribution in [1.29, 1.82) is 0 Å². The Morgan fingerprint density at radius 2 is 1.72 bits per heavy atom. The number of hydrogen-bond acceptors (Lipinski definition) is 7.